The number of hydrogen-bond donors (Lipinski definition) is 1. The zero-order valence-corrected chi connectivity index (χ0v) is 15.0. The first-order chi connectivity index (χ1) is 5.43. The van der Waals surface area contributed by atoms with E-state index in [0.29, 0.717) is 11.8 Å². The Balaban J connectivity index is -0.000000605. The fourth-order valence-corrected chi connectivity index (χ4v) is 1.42. The molecule has 0 radical (unpaired) electrons. The van der Waals surface area contributed by atoms with Gasteiger partial charge in [0.1, 0.15) is 4.32 Å². The van der Waals surface area contributed by atoms with Crippen LogP contribution in [0.4, 0.5) is 0 Å². The second-order valence-electron chi connectivity index (χ2n) is 3.98. The Labute approximate surface area is 119 Å². The van der Waals surface area contributed by atoms with Crippen molar-refractivity contribution in [2.75, 3.05) is 13.1 Å². The van der Waals surface area contributed by atoms with Crippen LogP contribution >= 0.6 is 24.8 Å². The Hall–Kier alpha value is 1.21. The molecule has 0 rings (SSSR count). The van der Waals surface area contributed by atoms with Crippen LogP contribution in [0.5, 0.6) is 0 Å². The van der Waals surface area contributed by atoms with Gasteiger partial charge in [-0.3, -0.25) is 0 Å². The Kier molecular flexibility index (Phi) is 15.8. The minimum atomic E-state index is 0. The van der Waals surface area contributed by atoms with E-state index >= 15 is 0 Å². The predicted molar refractivity (Wildman–Crippen MR) is 70.2 cm³/mol. The molecule has 0 fully saturated rings. The maximum absolute atomic E-state index is 5.04. The van der Waals surface area contributed by atoms with Crippen LogP contribution < -0.4 is 0 Å². The molecule has 0 N–H and O–H groups in total. The summed E-state index contributed by atoms with van der Waals surface area (Å²) in [6.07, 6.45) is 0. The van der Waals surface area contributed by atoms with E-state index in [-0.39, 0.29) is 33.0 Å². The van der Waals surface area contributed by atoms with Gasteiger partial charge < -0.3 is 18.4 Å². The number of nitrogens with zero attached hydrogens (tertiary/aromatic N) is 1. The molecule has 0 aliphatic carbocycles. The fraction of sp³-hybridized carbons (Fsp3) is 0.889. The average molecular weight is 303 g/mol. The van der Waals surface area contributed by atoms with Crippen molar-refractivity contribution in [1.82, 2.24) is 4.90 Å². The predicted octanol–water partition coefficient (Wildman–Crippen LogP) is 2.81. The van der Waals surface area contributed by atoms with E-state index in [0.717, 1.165) is 17.4 Å². The molecule has 0 aromatic heterocycles. The topological polar surface area (TPSA) is 3.24 Å². The second-order valence-corrected chi connectivity index (χ2v) is 5.09. The van der Waals surface area contributed by atoms with Gasteiger partial charge in [-0.2, -0.15) is 0 Å². The monoisotopic (exact) mass is 301 g/mol. The molecular weight excluding hydrogens is 284 g/mol. The molecule has 0 heterocycles. The van der Waals surface area contributed by atoms with Crippen molar-refractivity contribution < 1.29 is 19.5 Å². The van der Waals surface area contributed by atoms with Gasteiger partial charge in [-0.1, -0.05) is 39.9 Å². The fourth-order valence-electron chi connectivity index (χ4n) is 1.11. The largest absolute Gasteiger partial charge is 2.00 e. The first-order valence-electron chi connectivity index (χ1n) is 4.41. The van der Waals surface area contributed by atoms with Gasteiger partial charge in [0.15, 0.2) is 0 Å². The van der Waals surface area contributed by atoms with Crippen LogP contribution in [0.15, 0.2) is 0 Å². The van der Waals surface area contributed by atoms with Crippen molar-refractivity contribution in [3.63, 3.8) is 0 Å². The van der Waals surface area contributed by atoms with Crippen molar-refractivity contribution in [1.29, 1.82) is 0 Å². The number of thiol groups is 1. The average Bonchev–Trinajstić information content (AvgIpc) is 1.83. The third-order valence-corrected chi connectivity index (χ3v) is 1.98. The molecule has 5 heteroatoms. The summed E-state index contributed by atoms with van der Waals surface area (Å²) in [6.45, 7) is 10.8. The van der Waals surface area contributed by atoms with Crippen LogP contribution in [0.3, 0.4) is 0 Å². The van der Waals surface area contributed by atoms with E-state index in [1.54, 1.807) is 0 Å². The van der Waals surface area contributed by atoms with Crippen molar-refractivity contribution in [2.24, 2.45) is 11.8 Å². The number of hydrogen-bond acceptors (Lipinski definition) is 1. The summed E-state index contributed by atoms with van der Waals surface area (Å²) in [5.41, 5.74) is 0. The van der Waals surface area contributed by atoms with Crippen molar-refractivity contribution in [3.8, 4) is 0 Å². The van der Waals surface area contributed by atoms with Gasteiger partial charge in [0, 0.05) is 13.1 Å². The van der Waals surface area contributed by atoms with E-state index in [1.807, 2.05) is 0 Å². The molecule has 0 atom stereocenters. The van der Waals surface area contributed by atoms with Gasteiger partial charge in [-0.15, -0.1) is 12.6 Å². The van der Waals surface area contributed by atoms with Crippen LogP contribution in [0, 0.1) is 11.8 Å². The number of rotatable bonds is 4. The summed E-state index contributed by atoms with van der Waals surface area (Å²) in [5, 5.41) is 0. The minimum absolute atomic E-state index is 0. The first kappa shape index (κ1) is 20.6. The molecule has 0 amide bonds. The molecule has 0 aliphatic heterocycles. The second kappa shape index (κ2) is 10.7. The van der Waals surface area contributed by atoms with Crippen molar-refractivity contribution in [3.05, 3.63) is 0 Å². The Morgan fingerprint density at radius 1 is 1.14 bits per heavy atom. The van der Waals surface area contributed by atoms with E-state index in [4.69, 9.17) is 12.2 Å². The summed E-state index contributed by atoms with van der Waals surface area (Å²) in [6, 6.07) is 0. The van der Waals surface area contributed by atoms with E-state index in [9.17, 15) is 0 Å². The van der Waals surface area contributed by atoms with Crippen molar-refractivity contribution >= 4 is 42.7 Å². The maximum atomic E-state index is 5.04. The SMILES string of the molecule is CC(C)CN(CC(C)C)C(=S)S.[S-2].[Zn+2]. The Bertz CT molecular complexity index is 141. The van der Waals surface area contributed by atoms with Crippen LogP contribution in [-0.2, 0) is 33.0 Å². The molecule has 14 heavy (non-hydrogen) atoms. The molecule has 0 aromatic rings. The Morgan fingerprint density at radius 2 is 1.43 bits per heavy atom. The zero-order chi connectivity index (χ0) is 9.72. The quantitative estimate of drug-likeness (QED) is 0.483. The molecule has 0 unspecified atom stereocenters. The third kappa shape index (κ3) is 11.3. The van der Waals surface area contributed by atoms with Gasteiger partial charge in [0.05, 0.1) is 0 Å². The van der Waals surface area contributed by atoms with E-state index < -0.39 is 0 Å². The Morgan fingerprint density at radius 3 is 1.57 bits per heavy atom. The number of thiocarbonyl (C=S) groups is 1. The standard InChI is InChI=1S/C9H19NS2.S.Zn/c1-7(2)5-10(9(11)12)6-8(3)4;;/h7-8H,5-6H2,1-4H3,(H,11,12);;/q;-2;+2. The molecule has 0 aromatic carbocycles. The van der Waals surface area contributed by atoms with E-state index in [1.165, 1.54) is 0 Å². The van der Waals surface area contributed by atoms with Crippen molar-refractivity contribution in [2.45, 2.75) is 27.7 Å². The van der Waals surface area contributed by atoms with Crippen LogP contribution in [0.25, 0.3) is 0 Å². The normalized spacial score (nSPS) is 9.36. The van der Waals surface area contributed by atoms with Gasteiger partial charge in [0.25, 0.3) is 0 Å². The summed E-state index contributed by atoms with van der Waals surface area (Å²) in [5.74, 6) is 1.29. The molecule has 80 valence electrons. The zero-order valence-electron chi connectivity index (χ0n) is 9.49. The van der Waals surface area contributed by atoms with Gasteiger partial charge in [0.2, 0.25) is 0 Å². The summed E-state index contributed by atoms with van der Waals surface area (Å²) >= 11 is 9.24. The van der Waals surface area contributed by atoms with Crippen LogP contribution in [0.1, 0.15) is 27.7 Å². The minimum Gasteiger partial charge on any atom is -2.00 e. The van der Waals surface area contributed by atoms with Crippen LogP contribution in [0.2, 0.25) is 0 Å². The molecular formula is C9H19NS3Zn. The third-order valence-electron chi connectivity index (χ3n) is 1.44. The molecule has 0 saturated carbocycles. The summed E-state index contributed by atoms with van der Waals surface area (Å²) in [4.78, 5) is 2.16. The molecule has 0 saturated heterocycles. The smallest absolute Gasteiger partial charge is 2.00 e. The van der Waals surface area contributed by atoms with Gasteiger partial charge in [-0.25, -0.2) is 0 Å². The van der Waals surface area contributed by atoms with E-state index in [2.05, 4.69) is 45.2 Å². The van der Waals surface area contributed by atoms with Crippen LogP contribution in [-0.4, -0.2) is 22.3 Å². The molecule has 0 bridgehead atoms. The molecule has 0 spiro atoms. The molecule has 0 aliphatic rings. The first-order valence-corrected chi connectivity index (χ1v) is 5.27. The summed E-state index contributed by atoms with van der Waals surface area (Å²) < 4.78 is 0.720. The van der Waals surface area contributed by atoms with Gasteiger partial charge >= 0.3 is 19.5 Å². The summed E-state index contributed by atoms with van der Waals surface area (Å²) in [7, 11) is 0. The molecule has 1 nitrogen and oxygen atoms in total. The van der Waals surface area contributed by atoms with Gasteiger partial charge in [-0.05, 0) is 11.8 Å². The maximum Gasteiger partial charge on any atom is 2.00 e.